The van der Waals surface area contributed by atoms with Gasteiger partial charge in [-0.15, -0.1) is 0 Å². The number of aliphatic hydroxyl groups excluding tert-OH is 1. The molecule has 2 aliphatic carbocycles. The van der Waals surface area contributed by atoms with Crippen LogP contribution in [0.3, 0.4) is 0 Å². The van der Waals surface area contributed by atoms with Crippen LogP contribution in [0.15, 0.2) is 0 Å². The van der Waals surface area contributed by atoms with Crippen LogP contribution in [0, 0.1) is 11.8 Å². The average molecular weight is 148 g/mol. The van der Waals surface area contributed by atoms with E-state index in [2.05, 4.69) is 0 Å². The zero-order chi connectivity index (χ0) is 7.30. The maximum atomic E-state index is 12.8. The van der Waals surface area contributed by atoms with Gasteiger partial charge in [-0.05, 0) is 18.8 Å². The summed E-state index contributed by atoms with van der Waals surface area (Å²) in [5, 5.41) is 9.06. The summed E-state index contributed by atoms with van der Waals surface area (Å²) in [6.45, 7) is 0. The summed E-state index contributed by atoms with van der Waals surface area (Å²) in [4.78, 5) is 0. The summed E-state index contributed by atoms with van der Waals surface area (Å²) in [7, 11) is 0. The number of halogens is 2. The van der Waals surface area contributed by atoms with Gasteiger partial charge in [0.05, 0.1) is 6.10 Å². The molecule has 0 spiro atoms. The monoisotopic (exact) mass is 148 g/mol. The van der Waals surface area contributed by atoms with Crippen LogP contribution in [-0.4, -0.2) is 23.6 Å². The fraction of sp³-hybridized carbons (Fsp3) is 1.00. The van der Waals surface area contributed by atoms with E-state index in [-0.39, 0.29) is 5.92 Å². The van der Waals surface area contributed by atoms with Gasteiger partial charge in [0.15, 0.2) is 0 Å². The van der Waals surface area contributed by atoms with Crippen molar-refractivity contribution in [1.82, 2.24) is 0 Å². The lowest BCUT2D eigenvalue weighted by Gasteiger charge is -2.22. The first-order valence-corrected chi connectivity index (χ1v) is 3.66. The number of rotatable bonds is 0. The normalized spacial score (nSPS) is 59.7. The van der Waals surface area contributed by atoms with Gasteiger partial charge in [-0.3, -0.25) is 0 Å². The summed E-state index contributed by atoms with van der Waals surface area (Å²) < 4.78 is 25.5. The molecule has 5 unspecified atom stereocenters. The number of alkyl halides is 2. The molecule has 0 aliphatic heterocycles. The quantitative estimate of drug-likeness (QED) is 0.544. The van der Waals surface area contributed by atoms with E-state index in [4.69, 9.17) is 5.11 Å². The molecule has 0 aromatic carbocycles. The molecule has 5 atom stereocenters. The zero-order valence-electron chi connectivity index (χ0n) is 5.50. The van der Waals surface area contributed by atoms with E-state index in [0.717, 1.165) is 0 Å². The van der Waals surface area contributed by atoms with Gasteiger partial charge in [0.25, 0.3) is 0 Å². The van der Waals surface area contributed by atoms with Gasteiger partial charge in [0.1, 0.15) is 12.3 Å². The molecule has 1 nitrogen and oxygen atoms in total. The van der Waals surface area contributed by atoms with Crippen LogP contribution in [0.25, 0.3) is 0 Å². The van der Waals surface area contributed by atoms with Crippen molar-refractivity contribution in [2.45, 2.75) is 31.3 Å². The largest absolute Gasteiger partial charge is 0.390 e. The first kappa shape index (κ1) is 6.53. The molecule has 0 aromatic rings. The van der Waals surface area contributed by atoms with Gasteiger partial charge >= 0.3 is 0 Å². The van der Waals surface area contributed by atoms with Crippen LogP contribution < -0.4 is 0 Å². The first-order valence-electron chi connectivity index (χ1n) is 3.66. The maximum Gasteiger partial charge on any atom is 0.132 e. The minimum atomic E-state index is -1.30. The van der Waals surface area contributed by atoms with Crippen molar-refractivity contribution in [3.63, 3.8) is 0 Å². The summed E-state index contributed by atoms with van der Waals surface area (Å²) in [5.41, 5.74) is 0. The molecule has 0 heterocycles. The van der Waals surface area contributed by atoms with Crippen molar-refractivity contribution in [2.24, 2.45) is 11.8 Å². The number of hydrogen-bond acceptors (Lipinski definition) is 1. The Labute approximate surface area is 58.0 Å². The summed E-state index contributed by atoms with van der Waals surface area (Å²) >= 11 is 0. The van der Waals surface area contributed by atoms with Crippen LogP contribution in [0.5, 0.6) is 0 Å². The van der Waals surface area contributed by atoms with Crippen LogP contribution in [0.4, 0.5) is 8.78 Å². The molecule has 10 heavy (non-hydrogen) atoms. The summed E-state index contributed by atoms with van der Waals surface area (Å²) in [6, 6.07) is 0. The lowest BCUT2D eigenvalue weighted by molar-refractivity contribution is 0.00656. The van der Waals surface area contributed by atoms with E-state index in [1.807, 2.05) is 0 Å². The Bertz CT molecular complexity index is 149. The van der Waals surface area contributed by atoms with Crippen molar-refractivity contribution in [3.05, 3.63) is 0 Å². The molecule has 1 N–H and O–H groups in total. The Kier molecular flexibility index (Phi) is 1.24. The molecule has 2 saturated carbocycles. The Hall–Kier alpha value is -0.180. The van der Waals surface area contributed by atoms with Crippen molar-refractivity contribution >= 4 is 0 Å². The molecule has 58 valence electrons. The molecule has 2 fully saturated rings. The van der Waals surface area contributed by atoms with E-state index in [9.17, 15) is 8.78 Å². The molecule has 3 heteroatoms. The number of aliphatic hydroxyl groups is 1. The minimum Gasteiger partial charge on any atom is -0.390 e. The third-order valence-corrected chi connectivity index (χ3v) is 2.79. The van der Waals surface area contributed by atoms with Gasteiger partial charge in [-0.1, -0.05) is 0 Å². The van der Waals surface area contributed by atoms with Gasteiger partial charge in [-0.2, -0.15) is 0 Å². The molecule has 0 radical (unpaired) electrons. The van der Waals surface area contributed by atoms with Crippen molar-refractivity contribution < 1.29 is 13.9 Å². The molecular formula is C7H10F2O. The molecular weight excluding hydrogens is 138 g/mol. The second-order valence-electron chi connectivity index (χ2n) is 3.35. The van der Waals surface area contributed by atoms with Crippen molar-refractivity contribution in [3.8, 4) is 0 Å². The second-order valence-corrected chi connectivity index (χ2v) is 3.35. The topological polar surface area (TPSA) is 20.2 Å². The van der Waals surface area contributed by atoms with Crippen molar-refractivity contribution in [2.75, 3.05) is 0 Å². The first-order chi connectivity index (χ1) is 4.70. The zero-order valence-corrected chi connectivity index (χ0v) is 5.50. The standard InChI is InChI=1S/C7H10F2O/c8-5-2-3-1-4(5)6(9)7(3)10/h3-7,10H,1-2H2. The lowest BCUT2D eigenvalue weighted by atomic mass is 9.95. The van der Waals surface area contributed by atoms with Crippen LogP contribution in [0.1, 0.15) is 12.8 Å². The summed E-state index contributed by atoms with van der Waals surface area (Å²) in [6.07, 6.45) is -2.26. The second kappa shape index (κ2) is 1.91. The van der Waals surface area contributed by atoms with E-state index in [1.165, 1.54) is 0 Å². The highest BCUT2D eigenvalue weighted by Gasteiger charge is 2.53. The maximum absolute atomic E-state index is 12.8. The molecule has 0 aromatic heterocycles. The highest BCUT2D eigenvalue weighted by molar-refractivity contribution is 5.01. The molecule has 2 rings (SSSR count). The lowest BCUT2D eigenvalue weighted by Crippen LogP contribution is -2.34. The molecule has 2 bridgehead atoms. The van der Waals surface area contributed by atoms with Gasteiger partial charge < -0.3 is 5.11 Å². The molecule has 0 saturated heterocycles. The van der Waals surface area contributed by atoms with Gasteiger partial charge in [0, 0.05) is 5.92 Å². The Morgan fingerprint density at radius 3 is 2.30 bits per heavy atom. The molecule has 2 aliphatic rings. The van der Waals surface area contributed by atoms with Crippen LogP contribution >= 0.6 is 0 Å². The minimum absolute atomic E-state index is 0.102. The van der Waals surface area contributed by atoms with Gasteiger partial charge in [-0.25, -0.2) is 8.78 Å². The fourth-order valence-electron chi connectivity index (χ4n) is 2.18. The van der Waals surface area contributed by atoms with Crippen LogP contribution in [0.2, 0.25) is 0 Å². The summed E-state index contributed by atoms with van der Waals surface area (Å²) in [5.74, 6) is -0.602. The third-order valence-electron chi connectivity index (χ3n) is 2.79. The SMILES string of the molecule is OC1C2CC(F)C(C2)C1F. The molecule has 0 amide bonds. The Balaban J connectivity index is 2.16. The third kappa shape index (κ3) is 0.641. The number of hydrogen-bond donors (Lipinski definition) is 1. The fourth-order valence-corrected chi connectivity index (χ4v) is 2.18. The Morgan fingerprint density at radius 1 is 1.20 bits per heavy atom. The predicted octanol–water partition coefficient (Wildman–Crippen LogP) is 1.06. The van der Waals surface area contributed by atoms with E-state index < -0.39 is 24.4 Å². The van der Waals surface area contributed by atoms with Crippen LogP contribution in [-0.2, 0) is 0 Å². The van der Waals surface area contributed by atoms with E-state index >= 15 is 0 Å². The smallest absolute Gasteiger partial charge is 0.132 e. The van der Waals surface area contributed by atoms with Gasteiger partial charge in [0.2, 0.25) is 0 Å². The van der Waals surface area contributed by atoms with E-state index in [0.29, 0.717) is 12.8 Å². The predicted molar refractivity (Wildman–Crippen MR) is 32.0 cm³/mol. The highest BCUT2D eigenvalue weighted by atomic mass is 19.1. The number of fused-ring (bicyclic) bond motifs is 2. The average Bonchev–Trinajstić information content (AvgIpc) is 2.36. The van der Waals surface area contributed by atoms with E-state index in [1.54, 1.807) is 0 Å². The van der Waals surface area contributed by atoms with Crippen molar-refractivity contribution in [1.29, 1.82) is 0 Å². The Morgan fingerprint density at radius 2 is 1.90 bits per heavy atom. The highest BCUT2D eigenvalue weighted by Crippen LogP contribution is 2.47.